The van der Waals surface area contributed by atoms with E-state index in [4.69, 9.17) is 0 Å². The largest absolute Gasteiger partial charge is 0.394 e. The number of hydrogen-bond donors (Lipinski definition) is 1. The van der Waals surface area contributed by atoms with Gasteiger partial charge < -0.3 is 19.8 Å². The molecule has 7 atom stereocenters. The quantitative estimate of drug-likeness (QED) is 0.306. The molecule has 3 aliphatic rings. The van der Waals surface area contributed by atoms with Gasteiger partial charge in [0.1, 0.15) is 6.04 Å². The Labute approximate surface area is 269 Å². The number of benzene rings is 3. The molecule has 0 radical (unpaired) electrons. The lowest BCUT2D eigenvalue weighted by molar-refractivity contribution is -0.145. The summed E-state index contributed by atoms with van der Waals surface area (Å²) in [5.41, 5.74) is 1.68. The Bertz CT molecular complexity index is 1630. The van der Waals surface area contributed by atoms with Crippen LogP contribution in [0.1, 0.15) is 18.9 Å². The highest BCUT2D eigenvalue weighted by Crippen LogP contribution is 2.69. The van der Waals surface area contributed by atoms with Crippen molar-refractivity contribution in [3.8, 4) is 0 Å². The maximum absolute atomic E-state index is 15.2. The number of carbonyl (C=O) groups excluding carboxylic acids is 3. The van der Waals surface area contributed by atoms with Gasteiger partial charge in [-0.15, -0.1) is 24.9 Å². The summed E-state index contributed by atoms with van der Waals surface area (Å²) in [6.45, 7) is 10.2. The molecule has 1 N–H and O–H groups in total. The molecule has 3 aliphatic heterocycles. The van der Waals surface area contributed by atoms with Crippen LogP contribution in [0.5, 0.6) is 0 Å². The number of thioether (sulfide) groups is 1. The van der Waals surface area contributed by atoms with Crippen molar-refractivity contribution in [2.75, 3.05) is 31.6 Å². The van der Waals surface area contributed by atoms with E-state index in [1.54, 1.807) is 45.7 Å². The summed E-state index contributed by atoms with van der Waals surface area (Å²) >= 11 is 1.65. The van der Waals surface area contributed by atoms with Crippen molar-refractivity contribution in [3.63, 3.8) is 0 Å². The maximum Gasteiger partial charge on any atom is 0.251 e. The SMILES string of the molecule is C=CCN(C)C(=O)[C@@H]1[C@@H]2CC(C)C3(S2)C(C(=O)N(CC=C)c2ccc4ccccc4c2)N([C@@H](CO)Cc2ccccc2)C(=O)[C@H]13. The van der Waals surface area contributed by atoms with Gasteiger partial charge in [0.05, 0.1) is 29.2 Å². The second-order valence-electron chi connectivity index (χ2n) is 12.6. The van der Waals surface area contributed by atoms with Crippen LogP contribution in [-0.2, 0) is 20.8 Å². The van der Waals surface area contributed by atoms with Gasteiger partial charge in [0.2, 0.25) is 11.8 Å². The first-order chi connectivity index (χ1) is 21.8. The minimum Gasteiger partial charge on any atom is -0.394 e. The van der Waals surface area contributed by atoms with Crippen LogP contribution in [0.3, 0.4) is 0 Å². The molecule has 3 aromatic carbocycles. The number of rotatable bonds is 11. The monoisotopic (exact) mass is 623 g/mol. The number of aliphatic hydroxyl groups excluding tert-OH is 1. The molecule has 8 heteroatoms. The van der Waals surface area contributed by atoms with Crippen LogP contribution in [0.15, 0.2) is 98.1 Å². The summed E-state index contributed by atoms with van der Waals surface area (Å²) in [6.07, 6.45) is 4.52. The van der Waals surface area contributed by atoms with Gasteiger partial charge in [-0.05, 0) is 47.2 Å². The molecule has 1 spiro atoms. The van der Waals surface area contributed by atoms with Crippen LogP contribution in [0, 0.1) is 17.8 Å². The zero-order chi connectivity index (χ0) is 31.9. The highest BCUT2D eigenvalue weighted by atomic mass is 32.2. The number of hydrogen-bond acceptors (Lipinski definition) is 5. The molecule has 6 rings (SSSR count). The van der Waals surface area contributed by atoms with Crippen LogP contribution < -0.4 is 4.90 Å². The van der Waals surface area contributed by atoms with Crippen molar-refractivity contribution in [3.05, 3.63) is 104 Å². The second kappa shape index (κ2) is 12.5. The second-order valence-corrected chi connectivity index (χ2v) is 14.1. The third-order valence-electron chi connectivity index (χ3n) is 10.0. The van der Waals surface area contributed by atoms with Gasteiger partial charge in [0.15, 0.2) is 0 Å². The molecular formula is C37H41N3O4S. The lowest BCUT2D eigenvalue weighted by atomic mass is 9.65. The average Bonchev–Trinajstić information content (AvgIpc) is 3.65. The number of likely N-dealkylation sites (N-methyl/N-ethyl adjacent to an activating group) is 1. The molecule has 0 saturated carbocycles. The Kier molecular flexibility index (Phi) is 8.63. The molecule has 3 fully saturated rings. The average molecular weight is 624 g/mol. The van der Waals surface area contributed by atoms with E-state index in [9.17, 15) is 14.7 Å². The number of carbonyl (C=O) groups is 3. The number of likely N-dealkylation sites (tertiary alicyclic amines) is 1. The Morgan fingerprint density at radius 3 is 2.40 bits per heavy atom. The van der Waals surface area contributed by atoms with Crippen molar-refractivity contribution in [2.45, 2.75) is 41.8 Å². The lowest BCUT2D eigenvalue weighted by Crippen LogP contribution is -2.59. The van der Waals surface area contributed by atoms with Crippen LogP contribution in [0.2, 0.25) is 0 Å². The van der Waals surface area contributed by atoms with Gasteiger partial charge >= 0.3 is 0 Å². The van der Waals surface area contributed by atoms with E-state index in [2.05, 4.69) is 20.1 Å². The fourth-order valence-corrected chi connectivity index (χ4v) is 10.4. The molecule has 3 saturated heterocycles. The van der Waals surface area contributed by atoms with E-state index in [0.29, 0.717) is 13.0 Å². The molecule has 45 heavy (non-hydrogen) atoms. The fraction of sp³-hybridized carbons (Fsp3) is 0.378. The predicted octanol–water partition coefficient (Wildman–Crippen LogP) is 4.94. The first kappa shape index (κ1) is 31.1. The summed E-state index contributed by atoms with van der Waals surface area (Å²) in [5.74, 6) is -1.72. The molecule has 234 valence electrons. The van der Waals surface area contributed by atoms with E-state index in [1.807, 2.05) is 72.8 Å². The van der Waals surface area contributed by atoms with E-state index in [0.717, 1.165) is 28.4 Å². The Morgan fingerprint density at radius 2 is 1.71 bits per heavy atom. The van der Waals surface area contributed by atoms with Gasteiger partial charge in [0, 0.05) is 31.1 Å². The van der Waals surface area contributed by atoms with E-state index < -0.39 is 28.7 Å². The molecule has 0 aliphatic carbocycles. The molecule has 3 unspecified atom stereocenters. The molecule has 3 heterocycles. The molecule has 2 bridgehead atoms. The standard InChI is InChI=1S/C37H41N3O4S/c1-5-18-38(4)34(42)31-30-20-24(3)37(45-30)32(31)35(43)40(29(23-41)21-25-12-8-7-9-13-25)33(37)36(44)39(19-6-2)28-17-16-26-14-10-11-15-27(26)22-28/h5-17,22,24,29-33,41H,1-2,18-21,23H2,3-4H3/t24?,29-,30+,31-,32+,33?,37?/m1/s1. The van der Waals surface area contributed by atoms with Crippen LogP contribution in [0.25, 0.3) is 10.8 Å². The van der Waals surface area contributed by atoms with Gasteiger partial charge in [-0.2, -0.15) is 0 Å². The number of aliphatic hydroxyl groups is 1. The highest BCUT2D eigenvalue weighted by Gasteiger charge is 2.77. The normalized spacial score (nSPS) is 27.3. The van der Waals surface area contributed by atoms with E-state index in [-0.39, 0.29) is 42.0 Å². The van der Waals surface area contributed by atoms with Crippen LogP contribution in [0.4, 0.5) is 5.69 Å². The zero-order valence-electron chi connectivity index (χ0n) is 25.9. The van der Waals surface area contributed by atoms with Crippen LogP contribution in [-0.4, -0.2) is 81.5 Å². The highest BCUT2D eigenvalue weighted by molar-refractivity contribution is 8.02. The minimum absolute atomic E-state index is 0.00686. The number of fused-ring (bicyclic) bond motifs is 2. The van der Waals surface area contributed by atoms with Gasteiger partial charge in [0.25, 0.3) is 5.91 Å². The van der Waals surface area contributed by atoms with Gasteiger partial charge in [-0.1, -0.05) is 79.7 Å². The Balaban J connectivity index is 1.48. The summed E-state index contributed by atoms with van der Waals surface area (Å²) < 4.78 is -0.811. The molecule has 3 aromatic rings. The van der Waals surface area contributed by atoms with Crippen molar-refractivity contribution < 1.29 is 19.5 Å². The number of anilines is 1. The number of nitrogens with zero attached hydrogens (tertiary/aromatic N) is 3. The third kappa shape index (κ3) is 5.08. The molecule has 7 nitrogen and oxygen atoms in total. The fourth-order valence-electron chi connectivity index (χ4n) is 8.03. The predicted molar refractivity (Wildman–Crippen MR) is 181 cm³/mol. The van der Waals surface area contributed by atoms with Gasteiger partial charge in [-0.25, -0.2) is 0 Å². The number of amides is 3. The topological polar surface area (TPSA) is 81.2 Å². The first-order valence-electron chi connectivity index (χ1n) is 15.7. The van der Waals surface area contributed by atoms with Crippen molar-refractivity contribution in [1.82, 2.24) is 9.80 Å². The van der Waals surface area contributed by atoms with E-state index in [1.165, 1.54) is 0 Å². The third-order valence-corrected chi connectivity index (χ3v) is 12.1. The van der Waals surface area contributed by atoms with E-state index >= 15 is 4.79 Å². The first-order valence-corrected chi connectivity index (χ1v) is 16.6. The zero-order valence-corrected chi connectivity index (χ0v) is 26.7. The van der Waals surface area contributed by atoms with Gasteiger partial charge in [-0.3, -0.25) is 14.4 Å². The maximum atomic E-state index is 15.2. The summed E-state index contributed by atoms with van der Waals surface area (Å²) in [7, 11) is 1.74. The Hall–Kier alpha value is -3.88. The minimum atomic E-state index is -0.866. The van der Waals surface area contributed by atoms with Crippen molar-refractivity contribution in [1.29, 1.82) is 0 Å². The molecule has 0 aromatic heterocycles. The van der Waals surface area contributed by atoms with Crippen molar-refractivity contribution in [2.24, 2.45) is 17.8 Å². The molecular weight excluding hydrogens is 582 g/mol. The van der Waals surface area contributed by atoms with Crippen molar-refractivity contribution >= 4 is 45.9 Å². The summed E-state index contributed by atoms with van der Waals surface area (Å²) in [4.78, 5) is 49.0. The Morgan fingerprint density at radius 1 is 1.02 bits per heavy atom. The van der Waals surface area contributed by atoms with Crippen LogP contribution >= 0.6 is 11.8 Å². The lowest BCUT2D eigenvalue weighted by Gasteiger charge is -2.42. The summed E-state index contributed by atoms with van der Waals surface area (Å²) in [5, 5.41) is 12.8. The smallest absolute Gasteiger partial charge is 0.251 e. The summed E-state index contributed by atoms with van der Waals surface area (Å²) in [6, 6.07) is 22.2. The molecule has 3 amide bonds.